The Balaban J connectivity index is 1.99. The Kier molecular flexibility index (Phi) is 5.39. The van der Waals surface area contributed by atoms with Gasteiger partial charge in [0.05, 0.1) is 12.3 Å². The van der Waals surface area contributed by atoms with Crippen LogP contribution < -0.4 is 5.32 Å². The van der Waals surface area contributed by atoms with Crippen molar-refractivity contribution in [2.24, 2.45) is 0 Å². The van der Waals surface area contributed by atoms with Crippen LogP contribution >= 0.6 is 22.9 Å². The van der Waals surface area contributed by atoms with Crippen molar-refractivity contribution in [1.82, 2.24) is 5.16 Å². The lowest BCUT2D eigenvalue weighted by molar-refractivity contribution is 0.0529. The summed E-state index contributed by atoms with van der Waals surface area (Å²) in [6, 6.07) is 9.39. The fraction of sp³-hybridized carbons (Fsp3) is 0.167. The average molecular weight is 391 g/mol. The highest BCUT2D eigenvalue weighted by molar-refractivity contribution is 7.15. The number of esters is 1. The summed E-state index contributed by atoms with van der Waals surface area (Å²) in [5.74, 6) is -1.20. The van der Waals surface area contributed by atoms with E-state index in [-0.39, 0.29) is 17.4 Å². The second-order valence-electron chi connectivity index (χ2n) is 5.31. The minimum absolute atomic E-state index is 0.103. The molecule has 2 heterocycles. The number of nitrogens with one attached hydrogen (secondary N) is 1. The fourth-order valence-corrected chi connectivity index (χ4v) is 3.45. The van der Waals surface area contributed by atoms with Gasteiger partial charge >= 0.3 is 5.97 Å². The van der Waals surface area contributed by atoms with Crippen LogP contribution in [0.4, 0.5) is 5.00 Å². The molecule has 0 radical (unpaired) electrons. The topological polar surface area (TPSA) is 81.4 Å². The van der Waals surface area contributed by atoms with Crippen LogP contribution in [0.3, 0.4) is 0 Å². The van der Waals surface area contributed by atoms with E-state index in [1.807, 2.05) is 30.3 Å². The zero-order valence-corrected chi connectivity index (χ0v) is 15.6. The average Bonchev–Trinajstić information content (AvgIpc) is 3.20. The predicted molar refractivity (Wildman–Crippen MR) is 99.9 cm³/mol. The third-order valence-electron chi connectivity index (χ3n) is 3.58. The van der Waals surface area contributed by atoms with E-state index in [9.17, 15) is 9.59 Å². The van der Waals surface area contributed by atoms with Crippen LogP contribution in [-0.4, -0.2) is 23.6 Å². The number of hydrogen-bond donors (Lipinski definition) is 1. The summed E-state index contributed by atoms with van der Waals surface area (Å²) in [4.78, 5) is 24.9. The Morgan fingerprint density at radius 1 is 1.31 bits per heavy atom. The molecule has 6 nitrogen and oxygen atoms in total. The second kappa shape index (κ2) is 7.72. The van der Waals surface area contributed by atoms with Gasteiger partial charge in [-0.2, -0.15) is 0 Å². The molecule has 0 bridgehead atoms. The van der Waals surface area contributed by atoms with E-state index in [0.29, 0.717) is 21.8 Å². The first-order valence-corrected chi connectivity index (χ1v) is 9.05. The molecule has 2 aromatic heterocycles. The van der Waals surface area contributed by atoms with Crippen molar-refractivity contribution in [3.63, 3.8) is 0 Å². The maximum absolute atomic E-state index is 12.5. The second-order valence-corrected chi connectivity index (χ2v) is 6.56. The molecule has 0 aliphatic heterocycles. The molecule has 0 saturated carbocycles. The monoisotopic (exact) mass is 390 g/mol. The van der Waals surface area contributed by atoms with Gasteiger partial charge in [0.25, 0.3) is 5.91 Å². The molecule has 26 heavy (non-hydrogen) atoms. The van der Waals surface area contributed by atoms with Crippen LogP contribution in [-0.2, 0) is 4.74 Å². The quantitative estimate of drug-likeness (QED) is 0.633. The van der Waals surface area contributed by atoms with Gasteiger partial charge in [-0.3, -0.25) is 4.79 Å². The molecule has 1 aromatic carbocycles. The van der Waals surface area contributed by atoms with Gasteiger partial charge in [-0.05, 0) is 19.4 Å². The minimum Gasteiger partial charge on any atom is -0.462 e. The lowest BCUT2D eigenvalue weighted by Crippen LogP contribution is -2.14. The number of hydrogen-bond acceptors (Lipinski definition) is 6. The molecular formula is C18H15ClN2O4S. The Morgan fingerprint density at radius 2 is 2.04 bits per heavy atom. The number of thiophene rings is 1. The van der Waals surface area contributed by atoms with Crippen molar-refractivity contribution in [2.75, 3.05) is 11.9 Å². The number of ether oxygens (including phenoxy) is 1. The number of anilines is 1. The molecule has 0 aliphatic rings. The van der Waals surface area contributed by atoms with Crippen LogP contribution in [0, 0.1) is 6.92 Å². The smallest absolute Gasteiger partial charge is 0.341 e. The van der Waals surface area contributed by atoms with Crippen molar-refractivity contribution in [1.29, 1.82) is 0 Å². The summed E-state index contributed by atoms with van der Waals surface area (Å²) in [5, 5.41) is 8.63. The highest BCUT2D eigenvalue weighted by Crippen LogP contribution is 2.36. The number of amides is 1. The number of aromatic nitrogens is 1. The Hall–Kier alpha value is -2.64. The van der Waals surface area contributed by atoms with E-state index in [2.05, 4.69) is 10.5 Å². The molecule has 0 fully saturated rings. The molecule has 1 amide bonds. The summed E-state index contributed by atoms with van der Waals surface area (Å²) in [6.45, 7) is 3.58. The van der Waals surface area contributed by atoms with Crippen molar-refractivity contribution in [2.45, 2.75) is 13.8 Å². The highest BCUT2D eigenvalue weighted by atomic mass is 35.5. The largest absolute Gasteiger partial charge is 0.462 e. The summed E-state index contributed by atoms with van der Waals surface area (Å²) in [7, 11) is 0. The minimum atomic E-state index is -0.581. The molecule has 1 N–H and O–H groups in total. The molecule has 0 atom stereocenters. The van der Waals surface area contributed by atoms with Crippen molar-refractivity contribution in [3.8, 4) is 11.1 Å². The first-order chi connectivity index (χ1) is 12.5. The Morgan fingerprint density at radius 3 is 2.65 bits per heavy atom. The maximum atomic E-state index is 12.5. The molecule has 3 aromatic rings. The summed E-state index contributed by atoms with van der Waals surface area (Å²) >= 11 is 7.24. The predicted octanol–water partition coefficient (Wildman–Crippen LogP) is 4.79. The molecule has 3 rings (SSSR count). The molecule has 0 unspecified atom stereocenters. The van der Waals surface area contributed by atoms with E-state index in [0.717, 1.165) is 5.56 Å². The van der Waals surface area contributed by atoms with Crippen LogP contribution in [0.5, 0.6) is 0 Å². The zero-order chi connectivity index (χ0) is 18.7. The third kappa shape index (κ3) is 3.49. The van der Waals surface area contributed by atoms with Crippen LogP contribution in [0.25, 0.3) is 11.1 Å². The van der Waals surface area contributed by atoms with Gasteiger partial charge in [-0.1, -0.05) is 47.1 Å². The number of aryl methyl sites for hydroxylation is 1. The van der Waals surface area contributed by atoms with Gasteiger partial charge in [-0.15, -0.1) is 11.3 Å². The van der Waals surface area contributed by atoms with Gasteiger partial charge < -0.3 is 14.6 Å². The SMILES string of the molecule is CCOC(=O)c1c(-c2ccccc2)csc1NC(=O)c1onc(C)c1Cl. The first-order valence-electron chi connectivity index (χ1n) is 7.80. The molecule has 134 valence electrons. The number of halogens is 1. The fourth-order valence-electron chi connectivity index (χ4n) is 2.35. The summed E-state index contributed by atoms with van der Waals surface area (Å²) < 4.78 is 10.1. The Labute approximate surface area is 158 Å². The third-order valence-corrected chi connectivity index (χ3v) is 4.92. The number of nitrogens with zero attached hydrogens (tertiary/aromatic N) is 1. The summed E-state index contributed by atoms with van der Waals surface area (Å²) in [6.07, 6.45) is 0. The van der Waals surface area contributed by atoms with Gasteiger partial charge in [0.2, 0.25) is 5.76 Å². The van der Waals surface area contributed by atoms with Crippen LogP contribution in [0.15, 0.2) is 40.2 Å². The van der Waals surface area contributed by atoms with E-state index in [1.165, 1.54) is 11.3 Å². The summed E-state index contributed by atoms with van der Waals surface area (Å²) in [5.41, 5.74) is 2.24. The van der Waals surface area contributed by atoms with Gasteiger partial charge in [-0.25, -0.2) is 4.79 Å². The van der Waals surface area contributed by atoms with E-state index in [1.54, 1.807) is 19.2 Å². The molecule has 0 saturated heterocycles. The number of carbonyl (C=O) groups excluding carboxylic acids is 2. The lowest BCUT2D eigenvalue weighted by Gasteiger charge is -2.08. The van der Waals surface area contributed by atoms with Gasteiger partial charge in [0, 0.05) is 10.9 Å². The van der Waals surface area contributed by atoms with Crippen LogP contribution in [0.2, 0.25) is 5.02 Å². The van der Waals surface area contributed by atoms with E-state index >= 15 is 0 Å². The molecule has 0 spiro atoms. The normalized spacial score (nSPS) is 10.6. The number of carbonyl (C=O) groups is 2. The van der Waals surface area contributed by atoms with Crippen LogP contribution in [0.1, 0.15) is 33.5 Å². The number of benzene rings is 1. The lowest BCUT2D eigenvalue weighted by atomic mass is 10.0. The molecule has 8 heteroatoms. The molecular weight excluding hydrogens is 376 g/mol. The first kappa shape index (κ1) is 18.2. The molecule has 0 aliphatic carbocycles. The zero-order valence-electron chi connectivity index (χ0n) is 14.0. The maximum Gasteiger partial charge on any atom is 0.341 e. The van der Waals surface area contributed by atoms with Gasteiger partial charge in [0.15, 0.2) is 0 Å². The number of rotatable bonds is 5. The van der Waals surface area contributed by atoms with Crippen molar-refractivity contribution >= 4 is 39.8 Å². The van der Waals surface area contributed by atoms with E-state index in [4.69, 9.17) is 20.9 Å². The standard InChI is InChI=1S/C18H15ClN2O4S/c1-3-24-18(23)13-12(11-7-5-4-6-8-11)9-26-17(13)20-16(22)15-14(19)10(2)21-25-15/h4-9H,3H2,1-2H3,(H,20,22). The van der Waals surface area contributed by atoms with E-state index < -0.39 is 11.9 Å². The van der Waals surface area contributed by atoms with Gasteiger partial charge in [0.1, 0.15) is 15.6 Å². The van der Waals surface area contributed by atoms with Crippen molar-refractivity contribution < 1.29 is 18.8 Å². The Bertz CT molecular complexity index is 950. The van der Waals surface area contributed by atoms with Crippen molar-refractivity contribution in [3.05, 3.63) is 57.8 Å². The highest BCUT2D eigenvalue weighted by Gasteiger charge is 2.25.